The minimum atomic E-state index is -0.946. The number of halogens is 1. The van der Waals surface area contributed by atoms with Gasteiger partial charge in [-0.1, -0.05) is 0 Å². The highest BCUT2D eigenvalue weighted by Crippen LogP contribution is 2.25. The maximum absolute atomic E-state index is 13.3. The summed E-state index contributed by atoms with van der Waals surface area (Å²) in [6.07, 6.45) is -0.0830. The predicted octanol–water partition coefficient (Wildman–Crippen LogP) is 2.81. The number of nitro benzene ring substituents is 1. The number of benzene rings is 1. The van der Waals surface area contributed by atoms with Crippen LogP contribution in [0.3, 0.4) is 0 Å². The molecule has 1 N–H and O–H groups in total. The molecule has 116 valence electrons. The molecule has 0 saturated heterocycles. The van der Waals surface area contributed by atoms with Crippen LogP contribution < -0.4 is 0 Å². The molecule has 21 heavy (non-hydrogen) atoms. The molecule has 0 aromatic heterocycles. The number of carbonyl (C=O) groups is 1. The van der Waals surface area contributed by atoms with Crippen LogP contribution in [0.1, 0.15) is 32.8 Å². The zero-order valence-electron chi connectivity index (χ0n) is 12.3. The Morgan fingerprint density at radius 3 is 2.52 bits per heavy atom. The Morgan fingerprint density at radius 1 is 1.43 bits per heavy atom. The first-order chi connectivity index (χ1) is 9.61. The van der Waals surface area contributed by atoms with Crippen LogP contribution in [0.4, 0.5) is 10.1 Å². The van der Waals surface area contributed by atoms with Crippen LogP contribution >= 0.6 is 0 Å². The van der Waals surface area contributed by atoms with Crippen molar-refractivity contribution >= 4 is 11.7 Å². The summed E-state index contributed by atoms with van der Waals surface area (Å²) in [4.78, 5) is 22.9. The molecule has 1 rings (SSSR count). The molecule has 0 aliphatic carbocycles. The summed E-state index contributed by atoms with van der Waals surface area (Å²) in [6, 6.07) is 3.29. The number of rotatable bonds is 6. The number of aliphatic carboxylic acids is 1. The molecule has 1 aromatic rings. The van der Waals surface area contributed by atoms with Gasteiger partial charge in [0.15, 0.2) is 0 Å². The van der Waals surface area contributed by atoms with E-state index in [1.807, 2.05) is 20.8 Å². The lowest BCUT2D eigenvalue weighted by Crippen LogP contribution is -2.42. The molecule has 0 amide bonds. The van der Waals surface area contributed by atoms with E-state index in [9.17, 15) is 19.3 Å². The third-order valence-corrected chi connectivity index (χ3v) is 3.14. The van der Waals surface area contributed by atoms with Crippen molar-refractivity contribution in [3.63, 3.8) is 0 Å². The Balaban J connectivity index is 3.05. The molecule has 0 aliphatic heterocycles. The van der Waals surface area contributed by atoms with Gasteiger partial charge >= 0.3 is 5.97 Å². The average molecular weight is 298 g/mol. The largest absolute Gasteiger partial charge is 0.481 e. The Hall–Kier alpha value is -2.02. The van der Waals surface area contributed by atoms with Gasteiger partial charge in [0.1, 0.15) is 5.82 Å². The SMILES string of the molecule is CC(C)(C)N(CCC(=O)O)Cc1cc(F)ccc1[N+](=O)[O-]. The van der Waals surface area contributed by atoms with Crippen molar-refractivity contribution in [1.82, 2.24) is 4.90 Å². The first-order valence-corrected chi connectivity index (χ1v) is 6.51. The van der Waals surface area contributed by atoms with Gasteiger partial charge < -0.3 is 5.11 Å². The lowest BCUT2D eigenvalue weighted by Gasteiger charge is -2.35. The molecule has 0 aliphatic rings. The molecule has 0 bridgehead atoms. The third kappa shape index (κ3) is 5.11. The van der Waals surface area contributed by atoms with Crippen molar-refractivity contribution in [2.24, 2.45) is 0 Å². The second-order valence-electron chi connectivity index (χ2n) is 5.77. The molecule has 1 aromatic carbocycles. The van der Waals surface area contributed by atoms with Gasteiger partial charge in [0.25, 0.3) is 5.69 Å². The summed E-state index contributed by atoms with van der Waals surface area (Å²) < 4.78 is 13.3. The van der Waals surface area contributed by atoms with Crippen LogP contribution in [0.25, 0.3) is 0 Å². The standard InChI is InChI=1S/C14H19FN2O4/c1-14(2,3)16(7-6-13(18)19)9-10-8-11(15)4-5-12(10)17(20)21/h4-5,8H,6-7,9H2,1-3H3,(H,18,19). The van der Waals surface area contributed by atoms with E-state index >= 15 is 0 Å². The second kappa shape index (κ2) is 6.62. The van der Waals surface area contributed by atoms with Gasteiger partial charge in [-0.05, 0) is 32.9 Å². The van der Waals surface area contributed by atoms with E-state index in [1.165, 1.54) is 0 Å². The monoisotopic (exact) mass is 298 g/mol. The molecule has 0 spiro atoms. The van der Waals surface area contributed by atoms with Crippen LogP contribution in [0.2, 0.25) is 0 Å². The first kappa shape index (κ1) is 17.0. The van der Waals surface area contributed by atoms with Crippen LogP contribution in [-0.2, 0) is 11.3 Å². The minimum absolute atomic E-state index is 0.0830. The molecule has 0 saturated carbocycles. The van der Waals surface area contributed by atoms with Crippen molar-refractivity contribution < 1.29 is 19.2 Å². The van der Waals surface area contributed by atoms with Gasteiger partial charge in [0.2, 0.25) is 0 Å². The second-order valence-corrected chi connectivity index (χ2v) is 5.77. The molecule has 0 atom stereocenters. The quantitative estimate of drug-likeness (QED) is 0.645. The number of hydrogen-bond acceptors (Lipinski definition) is 4. The lowest BCUT2D eigenvalue weighted by atomic mass is 10.0. The van der Waals surface area contributed by atoms with Gasteiger partial charge in [0, 0.05) is 30.3 Å². The van der Waals surface area contributed by atoms with Crippen LogP contribution in [0, 0.1) is 15.9 Å². The molecule has 0 radical (unpaired) electrons. The topological polar surface area (TPSA) is 83.7 Å². The van der Waals surface area contributed by atoms with Gasteiger partial charge in [0.05, 0.1) is 11.3 Å². The van der Waals surface area contributed by atoms with Crippen molar-refractivity contribution in [1.29, 1.82) is 0 Å². The van der Waals surface area contributed by atoms with Crippen molar-refractivity contribution in [3.05, 3.63) is 39.7 Å². The molecule has 0 unspecified atom stereocenters. The average Bonchev–Trinajstić information content (AvgIpc) is 2.32. The predicted molar refractivity (Wildman–Crippen MR) is 75.5 cm³/mol. The summed E-state index contributed by atoms with van der Waals surface area (Å²) in [5, 5.41) is 19.8. The van der Waals surface area contributed by atoms with Gasteiger partial charge in [-0.25, -0.2) is 4.39 Å². The third-order valence-electron chi connectivity index (χ3n) is 3.14. The Labute approximate surface area is 122 Å². The van der Waals surface area contributed by atoms with Crippen molar-refractivity contribution in [2.45, 2.75) is 39.3 Å². The Bertz CT molecular complexity index is 540. The normalized spacial score (nSPS) is 11.7. The van der Waals surface area contributed by atoms with E-state index in [2.05, 4.69) is 0 Å². The van der Waals surface area contributed by atoms with Crippen LogP contribution in [0.15, 0.2) is 18.2 Å². The van der Waals surface area contributed by atoms with Crippen LogP contribution in [-0.4, -0.2) is 33.0 Å². The lowest BCUT2D eigenvalue weighted by molar-refractivity contribution is -0.385. The maximum atomic E-state index is 13.3. The zero-order valence-corrected chi connectivity index (χ0v) is 12.3. The van der Waals surface area contributed by atoms with Crippen LogP contribution in [0.5, 0.6) is 0 Å². The summed E-state index contributed by atoms with van der Waals surface area (Å²) >= 11 is 0. The number of carboxylic acids is 1. The Morgan fingerprint density at radius 2 is 2.05 bits per heavy atom. The van der Waals surface area contributed by atoms with E-state index in [0.29, 0.717) is 0 Å². The fraction of sp³-hybridized carbons (Fsp3) is 0.500. The maximum Gasteiger partial charge on any atom is 0.304 e. The van der Waals surface area contributed by atoms with E-state index < -0.39 is 22.2 Å². The van der Waals surface area contributed by atoms with E-state index in [-0.39, 0.29) is 30.8 Å². The molecule has 6 nitrogen and oxygen atoms in total. The molecule has 7 heteroatoms. The highest BCUT2D eigenvalue weighted by molar-refractivity contribution is 5.66. The smallest absolute Gasteiger partial charge is 0.304 e. The number of hydrogen-bond donors (Lipinski definition) is 1. The van der Waals surface area contributed by atoms with E-state index in [4.69, 9.17) is 5.11 Å². The first-order valence-electron chi connectivity index (χ1n) is 6.51. The number of nitrogens with zero attached hydrogens (tertiary/aromatic N) is 2. The van der Waals surface area contributed by atoms with Gasteiger partial charge in [-0.3, -0.25) is 19.8 Å². The summed E-state index contributed by atoms with van der Waals surface area (Å²) in [7, 11) is 0. The molecular formula is C14H19FN2O4. The number of carboxylic acid groups (broad SMARTS) is 1. The highest BCUT2D eigenvalue weighted by atomic mass is 19.1. The molecule has 0 fully saturated rings. The summed E-state index contributed by atoms with van der Waals surface area (Å²) in [6.45, 7) is 5.97. The molecule has 0 heterocycles. The molecular weight excluding hydrogens is 279 g/mol. The Kier molecular flexibility index (Phi) is 5.37. The van der Waals surface area contributed by atoms with E-state index in [0.717, 1.165) is 18.2 Å². The van der Waals surface area contributed by atoms with Crippen molar-refractivity contribution in [3.8, 4) is 0 Å². The van der Waals surface area contributed by atoms with Gasteiger partial charge in [-0.2, -0.15) is 0 Å². The zero-order chi connectivity index (χ0) is 16.2. The fourth-order valence-electron chi connectivity index (χ4n) is 1.95. The van der Waals surface area contributed by atoms with Gasteiger partial charge in [-0.15, -0.1) is 0 Å². The fourth-order valence-corrected chi connectivity index (χ4v) is 1.95. The minimum Gasteiger partial charge on any atom is -0.481 e. The van der Waals surface area contributed by atoms with E-state index in [1.54, 1.807) is 4.90 Å². The summed E-state index contributed by atoms with van der Waals surface area (Å²) in [5.74, 6) is -1.50. The summed E-state index contributed by atoms with van der Waals surface area (Å²) in [5.41, 5.74) is -0.323. The highest BCUT2D eigenvalue weighted by Gasteiger charge is 2.25. The van der Waals surface area contributed by atoms with Crippen molar-refractivity contribution in [2.75, 3.05) is 6.54 Å². The number of nitro groups is 1.